The maximum absolute atomic E-state index is 12.4. The summed E-state index contributed by atoms with van der Waals surface area (Å²) in [6.45, 7) is 3.00. The number of thioether (sulfide) groups is 2. The molecule has 7 nitrogen and oxygen atoms in total. The molecule has 1 N–H and O–H groups in total. The Morgan fingerprint density at radius 1 is 1.43 bits per heavy atom. The largest absolute Gasteiger partial charge is 0.480 e. The minimum atomic E-state index is -1.16. The summed E-state index contributed by atoms with van der Waals surface area (Å²) in [5.41, 5.74) is 0. The lowest BCUT2D eigenvalue weighted by atomic mass is 10.1. The van der Waals surface area contributed by atoms with E-state index in [4.69, 9.17) is 0 Å². The first-order chi connectivity index (χ1) is 9.79. The number of carboxylic acids is 1. The van der Waals surface area contributed by atoms with Gasteiger partial charge in [-0.05, 0) is 0 Å². The van der Waals surface area contributed by atoms with Gasteiger partial charge in [0.05, 0.1) is 7.11 Å². The lowest BCUT2D eigenvalue weighted by Gasteiger charge is -2.28. The molecular weight excluding hydrogens is 318 g/mol. The van der Waals surface area contributed by atoms with Gasteiger partial charge in [-0.25, -0.2) is 9.59 Å². The number of nitrogens with zero attached hydrogens (tertiary/aromatic N) is 1. The number of aliphatic carboxylic acids is 1. The molecule has 0 aromatic rings. The lowest BCUT2D eigenvalue weighted by molar-refractivity contribution is -0.156. The molecule has 0 aromatic carbocycles. The van der Waals surface area contributed by atoms with E-state index in [1.807, 2.05) is 0 Å². The van der Waals surface area contributed by atoms with Crippen molar-refractivity contribution in [3.05, 3.63) is 0 Å². The summed E-state index contributed by atoms with van der Waals surface area (Å²) < 4.78 is 4.61. The molecule has 0 unspecified atom stereocenters. The average Bonchev–Trinajstić information content (AvgIpc) is 2.87. The molecule has 0 aliphatic carbocycles. The fraction of sp³-hybridized carbons (Fsp3) is 0.667. The second-order valence-electron chi connectivity index (χ2n) is 4.51. The lowest BCUT2D eigenvalue weighted by Crippen LogP contribution is -2.50. The van der Waals surface area contributed by atoms with Gasteiger partial charge in [0.15, 0.2) is 10.5 Å². The Morgan fingerprint density at radius 2 is 2.05 bits per heavy atom. The number of hydrogen-bond acceptors (Lipinski definition) is 7. The van der Waals surface area contributed by atoms with E-state index in [1.165, 1.54) is 14.0 Å². The topological polar surface area (TPSA) is 101 Å². The van der Waals surface area contributed by atoms with Gasteiger partial charge in [-0.2, -0.15) is 0 Å². The third-order valence-corrected chi connectivity index (χ3v) is 5.22. The summed E-state index contributed by atoms with van der Waals surface area (Å²) >= 11 is 2.06. The van der Waals surface area contributed by atoms with Crippen LogP contribution in [0.5, 0.6) is 0 Å². The molecule has 118 valence electrons. The molecule has 0 radical (unpaired) electrons. The Hall–Kier alpha value is -1.22. The normalized spacial score (nSPS) is 22.7. The van der Waals surface area contributed by atoms with Crippen LogP contribution >= 0.6 is 23.5 Å². The van der Waals surface area contributed by atoms with Crippen molar-refractivity contribution in [1.29, 1.82) is 0 Å². The average molecular weight is 335 g/mol. The molecule has 0 aromatic heterocycles. The molecule has 1 amide bonds. The Morgan fingerprint density at radius 3 is 2.52 bits per heavy atom. The van der Waals surface area contributed by atoms with E-state index in [-0.39, 0.29) is 16.6 Å². The van der Waals surface area contributed by atoms with E-state index < -0.39 is 35.2 Å². The molecule has 0 saturated carbocycles. The van der Waals surface area contributed by atoms with Crippen molar-refractivity contribution in [2.75, 3.05) is 18.6 Å². The van der Waals surface area contributed by atoms with E-state index in [1.54, 1.807) is 6.92 Å². The minimum absolute atomic E-state index is 0.121. The standard InChI is InChI=1S/C12H17NO6S2/c1-6(4-20-7(2)14)9(15)13-8(11(16)17)5-21-10(13)12(18)19-3/h6,8,10H,4-5H2,1-3H3,(H,16,17)/t6-,8+,10-/m1/s1. The van der Waals surface area contributed by atoms with Crippen molar-refractivity contribution in [2.24, 2.45) is 5.92 Å². The maximum Gasteiger partial charge on any atom is 0.339 e. The highest BCUT2D eigenvalue weighted by Gasteiger charge is 2.46. The molecule has 1 rings (SSSR count). The van der Waals surface area contributed by atoms with E-state index in [0.29, 0.717) is 0 Å². The number of amides is 1. The summed E-state index contributed by atoms with van der Waals surface area (Å²) in [4.78, 5) is 47.4. The van der Waals surface area contributed by atoms with E-state index in [9.17, 15) is 24.3 Å². The van der Waals surface area contributed by atoms with Crippen molar-refractivity contribution in [1.82, 2.24) is 4.90 Å². The monoisotopic (exact) mass is 335 g/mol. The SMILES string of the molecule is COC(=O)[C@H]1SC[C@@H](C(=O)O)N1C(=O)[C@H](C)CSC(C)=O. The van der Waals surface area contributed by atoms with Gasteiger partial charge < -0.3 is 14.7 Å². The molecular formula is C12H17NO6S2. The predicted octanol–water partition coefficient (Wildman–Crippen LogP) is 0.430. The Kier molecular flexibility index (Phi) is 6.53. The summed E-state index contributed by atoms with van der Waals surface area (Å²) in [6.07, 6.45) is 0. The number of carbonyl (C=O) groups is 4. The first-order valence-corrected chi connectivity index (χ1v) is 8.20. The van der Waals surface area contributed by atoms with Gasteiger partial charge in [0.2, 0.25) is 5.91 Å². The molecule has 0 bridgehead atoms. The van der Waals surface area contributed by atoms with Crippen LogP contribution in [0.2, 0.25) is 0 Å². The van der Waals surface area contributed by atoms with Gasteiger partial charge >= 0.3 is 11.9 Å². The molecule has 0 spiro atoms. The van der Waals surface area contributed by atoms with Crippen LogP contribution in [0.3, 0.4) is 0 Å². The second-order valence-corrected chi connectivity index (χ2v) is 6.82. The minimum Gasteiger partial charge on any atom is -0.480 e. The highest BCUT2D eigenvalue weighted by Crippen LogP contribution is 2.32. The zero-order valence-electron chi connectivity index (χ0n) is 11.9. The number of esters is 1. The Balaban J connectivity index is 2.89. The molecule has 1 fully saturated rings. The van der Waals surface area contributed by atoms with Crippen LogP contribution in [0, 0.1) is 5.92 Å². The highest BCUT2D eigenvalue weighted by atomic mass is 32.2. The first kappa shape index (κ1) is 17.8. The fourth-order valence-corrected chi connectivity index (χ4v) is 3.76. The Labute approximate surface area is 130 Å². The smallest absolute Gasteiger partial charge is 0.339 e. The van der Waals surface area contributed by atoms with Crippen LogP contribution in [-0.2, 0) is 23.9 Å². The van der Waals surface area contributed by atoms with Gasteiger partial charge in [-0.1, -0.05) is 18.7 Å². The van der Waals surface area contributed by atoms with Crippen LogP contribution < -0.4 is 0 Å². The third-order valence-electron chi connectivity index (χ3n) is 2.90. The highest BCUT2D eigenvalue weighted by molar-refractivity contribution is 8.13. The summed E-state index contributed by atoms with van der Waals surface area (Å²) in [7, 11) is 1.19. The number of methoxy groups -OCH3 is 1. The van der Waals surface area contributed by atoms with E-state index >= 15 is 0 Å². The number of carbonyl (C=O) groups excluding carboxylic acids is 3. The summed E-state index contributed by atoms with van der Waals surface area (Å²) in [6, 6.07) is -1.06. The molecule has 1 aliphatic heterocycles. The Bertz CT molecular complexity index is 455. The number of ether oxygens (including phenoxy) is 1. The van der Waals surface area contributed by atoms with Crippen LogP contribution in [-0.4, -0.2) is 63.0 Å². The molecule has 1 saturated heterocycles. The van der Waals surface area contributed by atoms with Gasteiger partial charge in [0.1, 0.15) is 6.04 Å². The molecule has 1 aliphatic rings. The third kappa shape index (κ3) is 4.37. The predicted molar refractivity (Wildman–Crippen MR) is 78.8 cm³/mol. The van der Waals surface area contributed by atoms with Gasteiger partial charge in [-0.15, -0.1) is 11.8 Å². The van der Waals surface area contributed by atoms with Gasteiger partial charge in [-0.3, -0.25) is 9.59 Å². The van der Waals surface area contributed by atoms with Crippen molar-refractivity contribution in [2.45, 2.75) is 25.3 Å². The van der Waals surface area contributed by atoms with E-state index in [2.05, 4.69) is 4.74 Å². The van der Waals surface area contributed by atoms with Crippen molar-refractivity contribution in [3.8, 4) is 0 Å². The van der Waals surface area contributed by atoms with Crippen LogP contribution in [0.1, 0.15) is 13.8 Å². The maximum atomic E-state index is 12.4. The van der Waals surface area contributed by atoms with Crippen molar-refractivity contribution >= 4 is 46.5 Å². The van der Waals surface area contributed by atoms with Gasteiger partial charge in [0, 0.05) is 24.3 Å². The zero-order chi connectivity index (χ0) is 16.2. The van der Waals surface area contributed by atoms with Crippen molar-refractivity contribution < 1.29 is 29.0 Å². The fourth-order valence-electron chi connectivity index (χ4n) is 1.82. The summed E-state index contributed by atoms with van der Waals surface area (Å²) in [5, 5.41) is 8.11. The quantitative estimate of drug-likeness (QED) is 0.722. The first-order valence-electron chi connectivity index (χ1n) is 6.17. The van der Waals surface area contributed by atoms with Crippen LogP contribution in [0.25, 0.3) is 0 Å². The number of carboxylic acid groups (broad SMARTS) is 1. The zero-order valence-corrected chi connectivity index (χ0v) is 13.5. The summed E-state index contributed by atoms with van der Waals surface area (Å²) in [5.74, 6) is -2.46. The molecule has 21 heavy (non-hydrogen) atoms. The molecule has 1 heterocycles. The molecule has 9 heteroatoms. The van der Waals surface area contributed by atoms with Crippen molar-refractivity contribution in [3.63, 3.8) is 0 Å². The molecule has 3 atom stereocenters. The van der Waals surface area contributed by atoms with Gasteiger partial charge in [0.25, 0.3) is 0 Å². The van der Waals surface area contributed by atoms with E-state index in [0.717, 1.165) is 28.4 Å². The number of hydrogen-bond donors (Lipinski definition) is 1. The number of rotatable bonds is 5. The van der Waals surface area contributed by atoms with Crippen LogP contribution in [0.4, 0.5) is 0 Å². The van der Waals surface area contributed by atoms with Crippen LogP contribution in [0.15, 0.2) is 0 Å². The second kappa shape index (κ2) is 7.69.